The van der Waals surface area contributed by atoms with E-state index in [1.165, 1.54) is 0 Å². The third-order valence-electron chi connectivity index (χ3n) is 5.85. The molecule has 0 saturated carbocycles. The number of hydrogen-bond donors (Lipinski definition) is 0. The first-order valence-electron chi connectivity index (χ1n) is 14.2. The fourth-order valence-electron chi connectivity index (χ4n) is 3.66. The van der Waals surface area contributed by atoms with E-state index < -0.39 is 5.97 Å². The highest BCUT2D eigenvalue weighted by Crippen LogP contribution is 2.16. The van der Waals surface area contributed by atoms with Crippen LogP contribution in [0.2, 0.25) is 5.02 Å². The molecule has 234 valence electrons. The molecule has 0 amide bonds. The van der Waals surface area contributed by atoms with Crippen molar-refractivity contribution in [2.45, 2.75) is 0 Å². The van der Waals surface area contributed by atoms with Crippen LogP contribution >= 0.6 is 11.6 Å². The number of ether oxygens (including phenoxy) is 8. The van der Waals surface area contributed by atoms with Gasteiger partial charge in [-0.25, -0.2) is 9.59 Å². The Balaban J connectivity index is 0.999. The van der Waals surface area contributed by atoms with Crippen LogP contribution in [0.25, 0.3) is 10.8 Å². The summed E-state index contributed by atoms with van der Waals surface area (Å²) in [4.78, 5) is 24.0. The van der Waals surface area contributed by atoms with Gasteiger partial charge in [0.1, 0.15) is 13.2 Å². The maximum atomic E-state index is 12.2. The van der Waals surface area contributed by atoms with E-state index in [-0.39, 0.29) is 25.8 Å². The molecule has 0 unspecified atom stereocenters. The maximum absolute atomic E-state index is 12.2. The van der Waals surface area contributed by atoms with Crippen molar-refractivity contribution in [3.8, 4) is 0 Å². The molecule has 0 aliphatic heterocycles. The molecule has 3 rings (SSSR count). The zero-order valence-corrected chi connectivity index (χ0v) is 25.0. The Bertz CT molecular complexity index is 1200. The van der Waals surface area contributed by atoms with Gasteiger partial charge in [0.05, 0.1) is 90.4 Å². The van der Waals surface area contributed by atoms with Gasteiger partial charge < -0.3 is 37.9 Å². The van der Waals surface area contributed by atoms with Crippen molar-refractivity contribution in [3.05, 3.63) is 82.9 Å². The first-order chi connectivity index (χ1) is 21.1. The van der Waals surface area contributed by atoms with Gasteiger partial charge >= 0.3 is 11.9 Å². The molecule has 0 aliphatic rings. The van der Waals surface area contributed by atoms with Crippen LogP contribution in [-0.2, 0) is 37.9 Å². The van der Waals surface area contributed by atoms with Gasteiger partial charge in [0.15, 0.2) is 0 Å². The normalized spacial score (nSPS) is 11.1. The number of rotatable bonds is 23. The highest BCUT2D eigenvalue weighted by Gasteiger charge is 2.08. The van der Waals surface area contributed by atoms with E-state index in [0.29, 0.717) is 88.8 Å². The second-order valence-electron chi connectivity index (χ2n) is 9.01. The summed E-state index contributed by atoms with van der Waals surface area (Å²) in [7, 11) is 0. The van der Waals surface area contributed by atoms with Crippen molar-refractivity contribution in [1.82, 2.24) is 0 Å². The lowest BCUT2D eigenvalue weighted by Crippen LogP contribution is -2.15. The fourth-order valence-corrected chi connectivity index (χ4v) is 3.78. The van der Waals surface area contributed by atoms with Gasteiger partial charge in [0.2, 0.25) is 0 Å². The summed E-state index contributed by atoms with van der Waals surface area (Å²) in [6.45, 7) is 5.29. The van der Waals surface area contributed by atoms with E-state index >= 15 is 0 Å². The summed E-state index contributed by atoms with van der Waals surface area (Å²) in [5.74, 6) is -0.782. The molecule has 11 heteroatoms. The van der Waals surface area contributed by atoms with E-state index in [9.17, 15) is 9.59 Å². The molecule has 43 heavy (non-hydrogen) atoms. The lowest BCUT2D eigenvalue weighted by molar-refractivity contribution is -0.0213. The first kappa shape index (κ1) is 34.4. The number of hydrogen-bond acceptors (Lipinski definition) is 10. The maximum Gasteiger partial charge on any atom is 0.338 e. The molecule has 0 fully saturated rings. The predicted molar refractivity (Wildman–Crippen MR) is 161 cm³/mol. The molecule has 0 aromatic heterocycles. The summed E-state index contributed by atoms with van der Waals surface area (Å²) < 4.78 is 43.0. The van der Waals surface area contributed by atoms with E-state index in [2.05, 4.69) is 0 Å². The lowest BCUT2D eigenvalue weighted by atomic mass is 10.1. The van der Waals surface area contributed by atoms with Crippen LogP contribution in [0.15, 0.2) is 66.7 Å². The van der Waals surface area contributed by atoms with Crippen LogP contribution in [0.4, 0.5) is 0 Å². The molecule has 3 aromatic rings. The van der Waals surface area contributed by atoms with E-state index in [0.717, 1.165) is 10.8 Å². The zero-order valence-electron chi connectivity index (χ0n) is 24.2. The molecule has 3 aromatic carbocycles. The van der Waals surface area contributed by atoms with E-state index in [1.54, 1.807) is 30.3 Å². The molecule has 10 nitrogen and oxygen atoms in total. The predicted octanol–water partition coefficient (Wildman–Crippen LogP) is 4.61. The molecule has 0 heterocycles. The van der Waals surface area contributed by atoms with Gasteiger partial charge in [-0.15, -0.1) is 0 Å². The van der Waals surface area contributed by atoms with Gasteiger partial charge in [0.25, 0.3) is 0 Å². The Morgan fingerprint density at radius 1 is 0.442 bits per heavy atom. The topological polar surface area (TPSA) is 108 Å². The minimum Gasteiger partial charge on any atom is -0.460 e. The zero-order chi connectivity index (χ0) is 30.4. The SMILES string of the molecule is O=C(OCCOCCOCCOCCOCCOCCOCCOC(=O)c1ccc2ccccc2c1)c1ccc(Cl)cc1. The van der Waals surface area contributed by atoms with Crippen LogP contribution in [0, 0.1) is 0 Å². The van der Waals surface area contributed by atoms with Gasteiger partial charge in [0, 0.05) is 5.02 Å². The highest BCUT2D eigenvalue weighted by atomic mass is 35.5. The molecule has 0 atom stereocenters. The number of carbonyl (C=O) groups excluding carboxylic acids is 2. The Morgan fingerprint density at radius 2 is 0.814 bits per heavy atom. The lowest BCUT2D eigenvalue weighted by Gasteiger charge is -2.09. The van der Waals surface area contributed by atoms with E-state index in [4.69, 9.17) is 49.5 Å². The third-order valence-corrected chi connectivity index (χ3v) is 6.10. The highest BCUT2D eigenvalue weighted by molar-refractivity contribution is 6.30. The second-order valence-corrected chi connectivity index (χ2v) is 9.45. The average Bonchev–Trinajstić information content (AvgIpc) is 3.03. The molecule has 0 saturated heterocycles. The van der Waals surface area contributed by atoms with Gasteiger partial charge in [-0.05, 0) is 47.2 Å². The summed E-state index contributed by atoms with van der Waals surface area (Å²) in [6.07, 6.45) is 0. The van der Waals surface area contributed by atoms with Gasteiger partial charge in [-0.1, -0.05) is 41.9 Å². The van der Waals surface area contributed by atoms with E-state index in [1.807, 2.05) is 36.4 Å². The molecule has 0 bridgehead atoms. The number of carbonyl (C=O) groups is 2. The first-order valence-corrected chi connectivity index (χ1v) is 14.6. The van der Waals surface area contributed by atoms with Crippen LogP contribution in [0.3, 0.4) is 0 Å². The van der Waals surface area contributed by atoms with Crippen LogP contribution in [0.1, 0.15) is 20.7 Å². The number of halogens is 1. The summed E-state index contributed by atoms with van der Waals surface area (Å²) in [6, 6.07) is 19.8. The largest absolute Gasteiger partial charge is 0.460 e. The Kier molecular flexibility index (Phi) is 17.3. The molecule has 0 N–H and O–H groups in total. The summed E-state index contributed by atoms with van der Waals surface area (Å²) in [5, 5.41) is 2.64. The minimum absolute atomic E-state index is 0.163. The van der Waals surface area contributed by atoms with Gasteiger partial charge in [-0.3, -0.25) is 0 Å². The summed E-state index contributed by atoms with van der Waals surface area (Å²) >= 11 is 5.80. The Morgan fingerprint density at radius 3 is 1.28 bits per heavy atom. The van der Waals surface area contributed by atoms with Crippen molar-refractivity contribution in [3.63, 3.8) is 0 Å². The van der Waals surface area contributed by atoms with Gasteiger partial charge in [-0.2, -0.15) is 0 Å². The molecule has 0 radical (unpaired) electrons. The van der Waals surface area contributed by atoms with Crippen LogP contribution in [0.5, 0.6) is 0 Å². The quantitative estimate of drug-likeness (QED) is 0.110. The monoisotopic (exact) mass is 618 g/mol. The number of esters is 2. The minimum atomic E-state index is -0.415. The summed E-state index contributed by atoms with van der Waals surface area (Å²) in [5.41, 5.74) is 0.965. The molecule has 0 spiro atoms. The number of benzene rings is 3. The van der Waals surface area contributed by atoms with Crippen LogP contribution in [-0.4, -0.2) is 104 Å². The third kappa shape index (κ3) is 14.8. The molecular weight excluding hydrogens is 580 g/mol. The Hall–Kier alpha value is -3.09. The Labute approximate surface area is 257 Å². The average molecular weight is 619 g/mol. The van der Waals surface area contributed by atoms with Crippen molar-refractivity contribution >= 4 is 34.3 Å². The molecule has 0 aliphatic carbocycles. The van der Waals surface area contributed by atoms with Crippen LogP contribution < -0.4 is 0 Å². The van der Waals surface area contributed by atoms with Crippen molar-refractivity contribution < 1.29 is 47.5 Å². The standard InChI is InChI=1S/C32H39ClO10/c33-30-9-7-27(8-10-30)31(34)42-23-21-40-19-17-38-15-13-36-11-12-37-14-16-39-18-20-41-22-24-43-32(35)29-6-5-26-3-1-2-4-28(26)25-29/h1-10,25H,11-24H2. The molecular formula is C32H39ClO10. The fraction of sp³-hybridized carbons (Fsp3) is 0.438. The number of fused-ring (bicyclic) bond motifs is 1. The second kappa shape index (κ2) is 21.6. The van der Waals surface area contributed by atoms with Crippen molar-refractivity contribution in [2.24, 2.45) is 0 Å². The van der Waals surface area contributed by atoms with Crippen molar-refractivity contribution in [2.75, 3.05) is 92.5 Å². The smallest absolute Gasteiger partial charge is 0.338 e. The van der Waals surface area contributed by atoms with Crippen molar-refractivity contribution in [1.29, 1.82) is 0 Å².